The van der Waals surface area contributed by atoms with Crippen LogP contribution in [0, 0.1) is 11.8 Å². The maximum Gasteiger partial charge on any atom is 0.352 e. The summed E-state index contributed by atoms with van der Waals surface area (Å²) in [6, 6.07) is 19.7. The Morgan fingerprint density at radius 3 is 2.22 bits per heavy atom. The van der Waals surface area contributed by atoms with Crippen molar-refractivity contribution in [2.75, 3.05) is 56.7 Å². The number of carboxylic acids is 1. The number of aliphatic hydroxyl groups is 1. The van der Waals surface area contributed by atoms with Gasteiger partial charge >= 0.3 is 5.97 Å². The van der Waals surface area contributed by atoms with E-state index in [4.69, 9.17) is 0 Å². The van der Waals surface area contributed by atoms with Crippen LogP contribution in [0.4, 0.5) is 5.69 Å². The standard InChI is InChI=1S/C36H41N4O6S.2ClH/c1-23-28(34(36(43)44)38-33(23)31(24(2)41)35(38)42)21-37-29-10-6-9-27-26(11-12-30(32(27)29)47(37,45)46)13-14-39-15-18-40(19-16-39,20-17-39)22-25-7-4-3-5-8-25;;/h3-12,23-24,31,33,41H,13-22H2,1-2H3;2*1H/q+1;;/p-1/t23-,24+,31+,33+,39?,40?;;/m0../s1. The second-order valence-corrected chi connectivity index (χ2v) is 16.3. The number of aliphatic carboxylic acids is 1. The summed E-state index contributed by atoms with van der Waals surface area (Å²) in [5.41, 5.74) is 3.31. The highest BCUT2D eigenvalue weighted by Gasteiger charge is 2.60. The van der Waals surface area contributed by atoms with Crippen LogP contribution in [-0.4, -0.2) is 109 Å². The SMILES string of the molecule is C[C@@H](O)[C@H]1C(=O)N2C(C(=O)O)=C(CN3c4cccc5c(CC[N+]67CC[N+](Cc8ccccc8)(CC6)CC7)ccc(c45)S3(=O)=O)[C@H](C)[C@H]12.[Cl-].[Cl-]. The summed E-state index contributed by atoms with van der Waals surface area (Å²) in [6.07, 6.45) is -0.0760. The largest absolute Gasteiger partial charge is 1.00 e. The fourth-order valence-electron chi connectivity index (χ4n) is 9.33. The second kappa shape index (κ2) is 12.5. The van der Waals surface area contributed by atoms with Gasteiger partial charge in [0.1, 0.15) is 51.5 Å². The van der Waals surface area contributed by atoms with E-state index < -0.39 is 45.9 Å². The minimum atomic E-state index is -3.96. The van der Waals surface area contributed by atoms with Gasteiger partial charge in [-0.15, -0.1) is 0 Å². The molecule has 262 valence electrons. The van der Waals surface area contributed by atoms with Crippen molar-refractivity contribution in [1.29, 1.82) is 0 Å². The molecule has 4 saturated heterocycles. The Hall–Kier alpha value is -3.19. The van der Waals surface area contributed by atoms with Crippen LogP contribution in [0.2, 0.25) is 0 Å². The zero-order valence-corrected chi connectivity index (χ0v) is 30.0. The molecule has 49 heavy (non-hydrogen) atoms. The molecule has 0 radical (unpaired) electrons. The van der Waals surface area contributed by atoms with E-state index in [-0.39, 0.29) is 42.0 Å². The van der Waals surface area contributed by atoms with Gasteiger partial charge in [-0.25, -0.2) is 13.2 Å². The van der Waals surface area contributed by atoms with Crippen LogP contribution in [-0.2, 0) is 32.6 Å². The van der Waals surface area contributed by atoms with E-state index >= 15 is 0 Å². The van der Waals surface area contributed by atoms with Gasteiger partial charge in [0, 0.05) is 23.3 Å². The minimum absolute atomic E-state index is 0. The molecule has 0 saturated carbocycles. The molecule has 1 amide bonds. The molecule has 0 spiro atoms. The van der Waals surface area contributed by atoms with Crippen molar-refractivity contribution in [3.8, 4) is 0 Å². The molecule has 4 fully saturated rings. The summed E-state index contributed by atoms with van der Waals surface area (Å²) in [5.74, 6) is -2.82. The van der Waals surface area contributed by atoms with Crippen LogP contribution in [0.5, 0.6) is 0 Å². The Morgan fingerprint density at radius 1 is 0.939 bits per heavy atom. The summed E-state index contributed by atoms with van der Waals surface area (Å²) in [7, 11) is -3.96. The predicted octanol–water partition coefficient (Wildman–Crippen LogP) is -3.04. The van der Waals surface area contributed by atoms with Crippen LogP contribution in [0.3, 0.4) is 0 Å². The Balaban J connectivity index is 0.00000208. The number of fused-ring (bicyclic) bond motifs is 4. The van der Waals surface area contributed by atoms with E-state index in [1.54, 1.807) is 12.1 Å². The monoisotopic (exact) mass is 728 g/mol. The Kier molecular flexibility index (Phi) is 9.12. The maximum absolute atomic E-state index is 14.1. The van der Waals surface area contributed by atoms with E-state index in [0.717, 1.165) is 54.6 Å². The number of aliphatic hydroxyl groups excluding tert-OH is 1. The van der Waals surface area contributed by atoms with Gasteiger partial charge in [0.15, 0.2) is 0 Å². The molecule has 6 aliphatic rings. The molecule has 2 N–H and O–H groups in total. The molecule has 2 bridgehead atoms. The quantitative estimate of drug-likeness (QED) is 0.179. The first-order valence-electron chi connectivity index (χ1n) is 16.7. The zero-order valence-electron chi connectivity index (χ0n) is 27.6. The number of amides is 1. The molecule has 13 heteroatoms. The average molecular weight is 730 g/mol. The number of carbonyl (C=O) groups excluding carboxylic acids is 1. The summed E-state index contributed by atoms with van der Waals surface area (Å²) in [6.45, 7) is 12.3. The van der Waals surface area contributed by atoms with Crippen LogP contribution in [0.25, 0.3) is 10.8 Å². The van der Waals surface area contributed by atoms with Gasteiger partial charge in [-0.05, 0) is 35.6 Å². The highest BCUT2D eigenvalue weighted by molar-refractivity contribution is 7.93. The number of sulfonamides is 1. The van der Waals surface area contributed by atoms with Crippen molar-refractivity contribution in [3.63, 3.8) is 0 Å². The van der Waals surface area contributed by atoms with Gasteiger partial charge in [-0.3, -0.25) is 9.10 Å². The number of carboxylic acid groups (broad SMARTS) is 1. The molecule has 6 heterocycles. The molecular weight excluding hydrogens is 687 g/mol. The zero-order chi connectivity index (χ0) is 32.9. The van der Waals surface area contributed by atoms with Crippen molar-refractivity contribution >= 4 is 38.4 Å². The Labute approximate surface area is 299 Å². The molecule has 4 atom stereocenters. The summed E-state index contributed by atoms with van der Waals surface area (Å²) in [4.78, 5) is 26.8. The number of carbonyl (C=O) groups is 2. The van der Waals surface area contributed by atoms with Gasteiger partial charge in [-0.1, -0.05) is 55.5 Å². The highest BCUT2D eigenvalue weighted by atomic mass is 35.5. The maximum atomic E-state index is 14.1. The molecule has 0 aromatic heterocycles. The summed E-state index contributed by atoms with van der Waals surface area (Å²) < 4.78 is 31.7. The fraction of sp³-hybridized carbons (Fsp3) is 0.444. The molecule has 0 aliphatic carbocycles. The van der Waals surface area contributed by atoms with E-state index in [1.165, 1.54) is 45.8 Å². The van der Waals surface area contributed by atoms with E-state index in [0.29, 0.717) is 16.6 Å². The fourth-order valence-corrected chi connectivity index (χ4v) is 11.0. The third-order valence-electron chi connectivity index (χ3n) is 12.1. The molecule has 0 unspecified atom stereocenters. The Morgan fingerprint density at radius 2 is 1.59 bits per heavy atom. The van der Waals surface area contributed by atoms with Crippen molar-refractivity contribution in [2.24, 2.45) is 11.8 Å². The van der Waals surface area contributed by atoms with Crippen molar-refractivity contribution in [3.05, 3.63) is 83.1 Å². The number of nitrogens with zero attached hydrogens (tertiary/aromatic N) is 4. The molecule has 10 nitrogen and oxygen atoms in total. The lowest BCUT2D eigenvalue weighted by Gasteiger charge is -2.55. The highest BCUT2D eigenvalue weighted by Crippen LogP contribution is 2.50. The van der Waals surface area contributed by atoms with Gasteiger partial charge in [0.2, 0.25) is 5.91 Å². The molecular formula is C36H42Cl2N4O6S. The van der Waals surface area contributed by atoms with Gasteiger partial charge in [-0.2, -0.15) is 0 Å². The van der Waals surface area contributed by atoms with Gasteiger partial charge in [0.05, 0.1) is 41.7 Å². The lowest BCUT2D eigenvalue weighted by atomic mass is 9.78. The summed E-state index contributed by atoms with van der Waals surface area (Å²) >= 11 is 0. The average Bonchev–Trinajstić information content (AvgIpc) is 3.43. The van der Waals surface area contributed by atoms with Crippen LogP contribution in [0.1, 0.15) is 25.0 Å². The van der Waals surface area contributed by atoms with Crippen molar-refractivity contribution in [1.82, 2.24) is 4.90 Å². The Bertz CT molecular complexity index is 1950. The number of anilines is 1. The topological polar surface area (TPSA) is 115 Å². The molecule has 6 aliphatic heterocycles. The first kappa shape index (κ1) is 35.6. The second-order valence-electron chi connectivity index (χ2n) is 14.5. The lowest BCUT2D eigenvalue weighted by Crippen LogP contribution is -3.00. The van der Waals surface area contributed by atoms with E-state index in [2.05, 4.69) is 30.3 Å². The van der Waals surface area contributed by atoms with Crippen molar-refractivity contribution in [2.45, 2.75) is 43.9 Å². The lowest BCUT2D eigenvalue weighted by molar-refractivity contribution is -1.09. The predicted molar refractivity (Wildman–Crippen MR) is 177 cm³/mol. The number of rotatable bonds is 9. The molecule has 9 rings (SSSR count). The van der Waals surface area contributed by atoms with E-state index in [9.17, 15) is 28.2 Å². The number of halogens is 2. The summed E-state index contributed by atoms with van der Waals surface area (Å²) in [5, 5.41) is 22.0. The number of hydrogen-bond donors (Lipinski definition) is 2. The number of piperazine rings is 3. The number of quaternary nitrogens is 2. The number of benzene rings is 3. The van der Waals surface area contributed by atoms with Crippen LogP contribution < -0.4 is 29.1 Å². The molecule has 3 aromatic carbocycles. The van der Waals surface area contributed by atoms with Crippen LogP contribution >= 0.6 is 0 Å². The first-order valence-corrected chi connectivity index (χ1v) is 18.2. The smallest absolute Gasteiger partial charge is 0.352 e. The van der Waals surface area contributed by atoms with Gasteiger partial charge in [0.25, 0.3) is 10.0 Å². The first-order chi connectivity index (χ1) is 22.5. The van der Waals surface area contributed by atoms with Crippen LogP contribution in [0.15, 0.2) is 76.8 Å². The number of hydrogen-bond acceptors (Lipinski definition) is 5. The van der Waals surface area contributed by atoms with E-state index in [1.807, 2.05) is 25.1 Å². The van der Waals surface area contributed by atoms with Gasteiger partial charge < -0.3 is 48.9 Å². The third kappa shape index (κ3) is 5.36. The third-order valence-corrected chi connectivity index (χ3v) is 13.9. The normalized spacial score (nSPS) is 29.7. The minimum Gasteiger partial charge on any atom is -1.00 e. The molecule has 3 aromatic rings. The number of β-lactam (4-membered cyclic amide) rings is 1. The van der Waals surface area contributed by atoms with Crippen molar-refractivity contribution < 1.29 is 62.0 Å².